The van der Waals surface area contributed by atoms with Crippen LogP contribution in [0.1, 0.15) is 17.0 Å². The van der Waals surface area contributed by atoms with Crippen LogP contribution < -0.4 is 20.9 Å². The number of amides is 2. The van der Waals surface area contributed by atoms with Crippen molar-refractivity contribution in [1.82, 2.24) is 25.1 Å². The third-order valence-electron chi connectivity index (χ3n) is 3.97. The minimum Gasteiger partial charge on any atom is -0.496 e. The number of aromatic nitrogens is 4. The van der Waals surface area contributed by atoms with Gasteiger partial charge in [-0.1, -0.05) is 18.2 Å². The van der Waals surface area contributed by atoms with Crippen molar-refractivity contribution in [3.05, 3.63) is 63.7 Å². The second-order valence-electron chi connectivity index (χ2n) is 6.24. The molecular weight excluding hydrogens is 376 g/mol. The molecule has 10 heteroatoms. The van der Waals surface area contributed by atoms with Crippen molar-refractivity contribution in [3.8, 4) is 11.7 Å². The lowest BCUT2D eigenvalue weighted by Gasteiger charge is -2.10. The fourth-order valence-corrected chi connectivity index (χ4v) is 2.69. The quantitative estimate of drug-likeness (QED) is 0.548. The molecule has 150 valence electrons. The highest BCUT2D eigenvalue weighted by atomic mass is 16.5. The van der Waals surface area contributed by atoms with Crippen molar-refractivity contribution in [2.45, 2.75) is 20.4 Å². The van der Waals surface area contributed by atoms with Crippen molar-refractivity contribution in [3.63, 3.8) is 0 Å². The van der Waals surface area contributed by atoms with Gasteiger partial charge >= 0.3 is 11.8 Å². The summed E-state index contributed by atoms with van der Waals surface area (Å²) in [5, 5.41) is 9.25. The lowest BCUT2D eigenvalue weighted by molar-refractivity contribution is -0.136. The van der Waals surface area contributed by atoms with Gasteiger partial charge in [-0.15, -0.1) is 0 Å². The van der Waals surface area contributed by atoms with Gasteiger partial charge in [0.1, 0.15) is 11.6 Å². The Labute approximate surface area is 165 Å². The van der Waals surface area contributed by atoms with E-state index >= 15 is 0 Å². The minimum atomic E-state index is -0.879. The summed E-state index contributed by atoms with van der Waals surface area (Å²) in [6.45, 7) is 3.50. The molecule has 0 saturated carbocycles. The monoisotopic (exact) mass is 396 g/mol. The first-order valence-electron chi connectivity index (χ1n) is 8.73. The number of H-pyrrole nitrogens is 1. The molecule has 0 bridgehead atoms. The predicted octanol–water partition coefficient (Wildman–Crippen LogP) is 0.836. The number of carbonyl (C=O) groups is 2. The first-order valence-corrected chi connectivity index (χ1v) is 8.73. The van der Waals surface area contributed by atoms with E-state index < -0.39 is 11.8 Å². The number of ether oxygens (including phenoxy) is 1. The fourth-order valence-electron chi connectivity index (χ4n) is 2.69. The van der Waals surface area contributed by atoms with E-state index in [0.29, 0.717) is 17.1 Å². The summed E-state index contributed by atoms with van der Waals surface area (Å²) in [6.07, 6.45) is 0. The molecule has 3 aromatic rings. The van der Waals surface area contributed by atoms with Crippen molar-refractivity contribution >= 4 is 17.6 Å². The Kier molecular flexibility index (Phi) is 5.72. The molecule has 0 saturated heterocycles. The van der Waals surface area contributed by atoms with E-state index in [-0.39, 0.29) is 23.9 Å². The zero-order valence-electron chi connectivity index (χ0n) is 16.1. The standard InChI is InChI=1S/C19H20N6O4/c1-11-9-16(26)23-19(21-11)25-15(8-12(2)24-25)22-18(28)17(27)20-10-13-6-4-5-7-14(13)29-3/h4-9H,10H2,1-3H3,(H,20,27)(H,22,28)(H,21,23,26). The number of rotatable bonds is 5. The third kappa shape index (κ3) is 4.67. The number of nitrogens with one attached hydrogen (secondary N) is 3. The summed E-state index contributed by atoms with van der Waals surface area (Å²) in [5.41, 5.74) is 1.44. The number of benzene rings is 1. The smallest absolute Gasteiger partial charge is 0.314 e. The summed E-state index contributed by atoms with van der Waals surface area (Å²) < 4.78 is 6.48. The van der Waals surface area contributed by atoms with Gasteiger partial charge in [0.25, 0.3) is 5.56 Å². The summed E-state index contributed by atoms with van der Waals surface area (Å²) >= 11 is 0. The first kappa shape index (κ1) is 19.8. The predicted molar refractivity (Wildman–Crippen MR) is 105 cm³/mol. The van der Waals surface area contributed by atoms with Gasteiger partial charge in [0.15, 0.2) is 0 Å². The van der Waals surface area contributed by atoms with Crippen LogP contribution >= 0.6 is 0 Å². The number of methoxy groups -OCH3 is 1. The van der Waals surface area contributed by atoms with Crippen LogP contribution in [0.25, 0.3) is 5.95 Å². The Hall–Kier alpha value is -3.95. The Morgan fingerprint density at radius 2 is 1.90 bits per heavy atom. The van der Waals surface area contributed by atoms with Crippen molar-refractivity contribution in [1.29, 1.82) is 0 Å². The van der Waals surface area contributed by atoms with Crippen LogP contribution in [0.3, 0.4) is 0 Å². The van der Waals surface area contributed by atoms with Gasteiger partial charge in [-0.05, 0) is 19.9 Å². The fraction of sp³-hybridized carbons (Fsp3) is 0.211. The van der Waals surface area contributed by atoms with Gasteiger partial charge in [-0.3, -0.25) is 19.4 Å². The Bertz CT molecular complexity index is 1120. The van der Waals surface area contributed by atoms with Crippen molar-refractivity contribution in [2.75, 3.05) is 12.4 Å². The van der Waals surface area contributed by atoms with E-state index in [1.165, 1.54) is 17.9 Å². The highest BCUT2D eigenvalue weighted by Crippen LogP contribution is 2.17. The summed E-state index contributed by atoms with van der Waals surface area (Å²) in [7, 11) is 1.53. The van der Waals surface area contributed by atoms with E-state index in [9.17, 15) is 14.4 Å². The molecule has 0 radical (unpaired) electrons. The average Bonchev–Trinajstić information content (AvgIpc) is 3.05. The molecule has 3 rings (SSSR count). The van der Waals surface area contributed by atoms with E-state index in [4.69, 9.17) is 4.74 Å². The summed E-state index contributed by atoms with van der Waals surface area (Å²) in [4.78, 5) is 43.0. The molecule has 29 heavy (non-hydrogen) atoms. The zero-order chi connectivity index (χ0) is 21.0. The molecule has 3 N–H and O–H groups in total. The first-order chi connectivity index (χ1) is 13.9. The molecule has 0 atom stereocenters. The number of hydrogen-bond acceptors (Lipinski definition) is 6. The van der Waals surface area contributed by atoms with Crippen LogP contribution in [0.2, 0.25) is 0 Å². The summed E-state index contributed by atoms with van der Waals surface area (Å²) in [6, 6.07) is 10.1. The minimum absolute atomic E-state index is 0.126. The van der Waals surface area contributed by atoms with Crippen LogP contribution in [0.5, 0.6) is 5.75 Å². The third-order valence-corrected chi connectivity index (χ3v) is 3.97. The molecule has 0 unspecified atom stereocenters. The molecule has 0 aliphatic rings. The number of aryl methyl sites for hydroxylation is 2. The van der Waals surface area contributed by atoms with Crippen LogP contribution in [-0.2, 0) is 16.1 Å². The Morgan fingerprint density at radius 1 is 1.14 bits per heavy atom. The maximum Gasteiger partial charge on any atom is 0.314 e. The van der Waals surface area contributed by atoms with Crippen LogP contribution in [0.4, 0.5) is 5.82 Å². The van der Waals surface area contributed by atoms with E-state index in [1.54, 1.807) is 38.1 Å². The van der Waals surface area contributed by atoms with Crippen molar-refractivity contribution < 1.29 is 14.3 Å². The molecule has 0 aliphatic carbocycles. The topological polar surface area (TPSA) is 131 Å². The Balaban J connectivity index is 1.74. The molecule has 2 amide bonds. The number of hydrogen-bond donors (Lipinski definition) is 3. The second kappa shape index (κ2) is 8.38. The number of anilines is 1. The largest absolute Gasteiger partial charge is 0.496 e. The van der Waals surface area contributed by atoms with Crippen molar-refractivity contribution in [2.24, 2.45) is 0 Å². The maximum absolute atomic E-state index is 12.3. The molecule has 10 nitrogen and oxygen atoms in total. The van der Waals surface area contributed by atoms with Crippen LogP contribution in [-0.4, -0.2) is 38.7 Å². The van der Waals surface area contributed by atoms with Crippen LogP contribution in [0, 0.1) is 13.8 Å². The average molecular weight is 396 g/mol. The number of nitrogens with zero attached hydrogens (tertiary/aromatic N) is 3. The molecule has 0 aliphatic heterocycles. The normalized spacial score (nSPS) is 10.4. The molecule has 2 aromatic heterocycles. The number of aromatic amines is 1. The summed E-state index contributed by atoms with van der Waals surface area (Å²) in [5.74, 6) is -0.763. The molecule has 2 heterocycles. The molecule has 1 aromatic carbocycles. The number of para-hydroxylation sites is 1. The van der Waals surface area contributed by atoms with E-state index in [1.807, 2.05) is 6.07 Å². The van der Waals surface area contributed by atoms with E-state index in [0.717, 1.165) is 5.56 Å². The highest BCUT2D eigenvalue weighted by molar-refractivity contribution is 6.39. The molecule has 0 spiro atoms. The van der Waals surface area contributed by atoms with Gasteiger partial charge in [0, 0.05) is 29.9 Å². The van der Waals surface area contributed by atoms with Gasteiger partial charge in [-0.2, -0.15) is 9.78 Å². The lowest BCUT2D eigenvalue weighted by Crippen LogP contribution is -2.35. The highest BCUT2D eigenvalue weighted by Gasteiger charge is 2.18. The number of carbonyl (C=O) groups excluding carboxylic acids is 2. The SMILES string of the molecule is COc1ccccc1CNC(=O)C(=O)Nc1cc(C)nn1-c1nc(C)cc(=O)[nH]1. The maximum atomic E-state index is 12.3. The van der Waals surface area contributed by atoms with Gasteiger partial charge in [0.05, 0.1) is 12.8 Å². The van der Waals surface area contributed by atoms with Gasteiger partial charge < -0.3 is 15.4 Å². The lowest BCUT2D eigenvalue weighted by atomic mass is 10.2. The second-order valence-corrected chi connectivity index (χ2v) is 6.24. The molecule has 0 fully saturated rings. The van der Waals surface area contributed by atoms with E-state index in [2.05, 4.69) is 25.7 Å². The zero-order valence-corrected chi connectivity index (χ0v) is 16.1. The van der Waals surface area contributed by atoms with Gasteiger partial charge in [-0.25, -0.2) is 4.98 Å². The Morgan fingerprint density at radius 3 is 2.62 bits per heavy atom. The van der Waals surface area contributed by atoms with Gasteiger partial charge in [0.2, 0.25) is 5.95 Å². The van der Waals surface area contributed by atoms with Crippen LogP contribution in [0.15, 0.2) is 41.2 Å². The molecular formula is C19H20N6O4.